The van der Waals surface area contributed by atoms with Crippen LogP contribution < -0.4 is 0 Å². The summed E-state index contributed by atoms with van der Waals surface area (Å²) in [7, 11) is 0. The summed E-state index contributed by atoms with van der Waals surface area (Å²) < 4.78 is 0. The fourth-order valence-corrected chi connectivity index (χ4v) is 4.22. The van der Waals surface area contributed by atoms with Crippen LogP contribution in [0.2, 0.25) is 0 Å². The van der Waals surface area contributed by atoms with Gasteiger partial charge in [-0.15, -0.1) is 11.3 Å². The molecular formula is C17H13N3OS2. The number of hydrogen-bond acceptors (Lipinski definition) is 6. The number of nitrogens with zero attached hydrogens (tertiary/aromatic N) is 3. The summed E-state index contributed by atoms with van der Waals surface area (Å²) >= 11 is 3.08. The van der Waals surface area contributed by atoms with Crippen molar-refractivity contribution in [2.45, 2.75) is 18.9 Å². The minimum Gasteiger partial charge on any atom is -0.293 e. The molecule has 6 heteroatoms. The van der Waals surface area contributed by atoms with Crippen LogP contribution in [0.25, 0.3) is 10.2 Å². The SMILES string of the molecule is Cc1sc2ncnc(SCC(=O)c3ccc(C#N)cc3)c2c1C. The molecule has 2 heterocycles. The molecule has 0 N–H and O–H groups in total. The Balaban J connectivity index is 1.80. The average molecular weight is 339 g/mol. The molecule has 0 aliphatic rings. The van der Waals surface area contributed by atoms with E-state index in [-0.39, 0.29) is 5.78 Å². The maximum Gasteiger partial charge on any atom is 0.173 e. The number of rotatable bonds is 4. The molecule has 0 unspecified atom stereocenters. The zero-order chi connectivity index (χ0) is 16.4. The maximum atomic E-state index is 12.3. The summed E-state index contributed by atoms with van der Waals surface area (Å²) in [5.41, 5.74) is 2.34. The van der Waals surface area contributed by atoms with Gasteiger partial charge < -0.3 is 0 Å². The van der Waals surface area contributed by atoms with Gasteiger partial charge in [-0.25, -0.2) is 9.97 Å². The first-order chi connectivity index (χ1) is 11.1. The molecule has 114 valence electrons. The van der Waals surface area contributed by atoms with Crippen LogP contribution in [0.3, 0.4) is 0 Å². The van der Waals surface area contributed by atoms with Crippen molar-refractivity contribution >= 4 is 39.1 Å². The number of fused-ring (bicyclic) bond motifs is 1. The molecule has 3 rings (SSSR count). The third-order valence-electron chi connectivity index (χ3n) is 3.61. The number of carbonyl (C=O) groups is 1. The van der Waals surface area contributed by atoms with Gasteiger partial charge in [-0.3, -0.25) is 4.79 Å². The Labute approximate surface area is 142 Å². The fourth-order valence-electron chi connectivity index (χ4n) is 2.21. The molecular weight excluding hydrogens is 326 g/mol. The van der Waals surface area contributed by atoms with Gasteiger partial charge in [0, 0.05) is 15.8 Å². The third-order valence-corrected chi connectivity index (χ3v) is 5.71. The molecule has 0 spiro atoms. The lowest BCUT2D eigenvalue weighted by molar-refractivity contribution is 0.102. The molecule has 0 atom stereocenters. The fraction of sp³-hybridized carbons (Fsp3) is 0.176. The van der Waals surface area contributed by atoms with E-state index in [0.29, 0.717) is 16.9 Å². The molecule has 0 radical (unpaired) electrons. The summed E-state index contributed by atoms with van der Waals surface area (Å²) in [5.74, 6) is 0.336. The van der Waals surface area contributed by atoms with Crippen molar-refractivity contribution in [2.24, 2.45) is 0 Å². The zero-order valence-corrected chi connectivity index (χ0v) is 14.3. The second-order valence-corrected chi connectivity index (χ2v) is 7.21. The highest BCUT2D eigenvalue weighted by Gasteiger charge is 2.14. The number of aryl methyl sites for hydroxylation is 2. The molecule has 0 fully saturated rings. The van der Waals surface area contributed by atoms with E-state index in [0.717, 1.165) is 15.2 Å². The largest absolute Gasteiger partial charge is 0.293 e. The molecule has 23 heavy (non-hydrogen) atoms. The van der Waals surface area contributed by atoms with E-state index in [1.54, 1.807) is 41.9 Å². The molecule has 0 saturated carbocycles. The van der Waals surface area contributed by atoms with Crippen molar-refractivity contribution in [1.82, 2.24) is 9.97 Å². The van der Waals surface area contributed by atoms with Gasteiger partial charge in [-0.05, 0) is 31.5 Å². The Kier molecular flexibility index (Phi) is 4.42. The number of nitriles is 1. The number of carbonyl (C=O) groups excluding carboxylic acids is 1. The van der Waals surface area contributed by atoms with Crippen LogP contribution in [0.1, 0.15) is 26.4 Å². The van der Waals surface area contributed by atoms with Gasteiger partial charge in [0.05, 0.1) is 17.4 Å². The number of aromatic nitrogens is 2. The second-order valence-electron chi connectivity index (χ2n) is 5.04. The van der Waals surface area contributed by atoms with Gasteiger partial charge in [0.2, 0.25) is 0 Å². The zero-order valence-electron chi connectivity index (χ0n) is 12.7. The topological polar surface area (TPSA) is 66.6 Å². The molecule has 0 saturated heterocycles. The van der Waals surface area contributed by atoms with Crippen molar-refractivity contribution in [3.8, 4) is 6.07 Å². The van der Waals surface area contributed by atoms with Crippen LogP contribution in [0.15, 0.2) is 35.6 Å². The van der Waals surface area contributed by atoms with Gasteiger partial charge in [0.25, 0.3) is 0 Å². The van der Waals surface area contributed by atoms with Crippen molar-refractivity contribution in [3.63, 3.8) is 0 Å². The highest BCUT2D eigenvalue weighted by atomic mass is 32.2. The summed E-state index contributed by atoms with van der Waals surface area (Å²) in [5, 5.41) is 10.7. The lowest BCUT2D eigenvalue weighted by atomic mass is 10.1. The Morgan fingerprint density at radius 3 is 2.70 bits per heavy atom. The predicted molar refractivity (Wildman–Crippen MR) is 93.1 cm³/mol. The smallest absolute Gasteiger partial charge is 0.173 e. The summed E-state index contributed by atoms with van der Waals surface area (Å²) in [6.07, 6.45) is 1.55. The van der Waals surface area contributed by atoms with E-state index in [1.807, 2.05) is 6.07 Å². The molecule has 0 aliphatic heterocycles. The van der Waals surface area contributed by atoms with Gasteiger partial charge in [0.1, 0.15) is 16.2 Å². The molecule has 1 aromatic carbocycles. The lowest BCUT2D eigenvalue weighted by Crippen LogP contribution is -2.02. The molecule has 0 bridgehead atoms. The first-order valence-corrected chi connectivity index (χ1v) is 8.77. The molecule has 2 aromatic heterocycles. The lowest BCUT2D eigenvalue weighted by Gasteiger charge is -2.03. The van der Waals surface area contributed by atoms with Crippen LogP contribution in [0.5, 0.6) is 0 Å². The van der Waals surface area contributed by atoms with Crippen LogP contribution in [-0.2, 0) is 0 Å². The van der Waals surface area contributed by atoms with Crippen molar-refractivity contribution in [2.75, 3.05) is 5.75 Å². The Bertz CT molecular complexity index is 923. The maximum absolute atomic E-state index is 12.3. The Hall–Kier alpha value is -2.23. The Morgan fingerprint density at radius 1 is 1.26 bits per heavy atom. The first kappa shape index (κ1) is 15.7. The molecule has 3 aromatic rings. The van der Waals surface area contributed by atoms with E-state index < -0.39 is 0 Å². The number of thioether (sulfide) groups is 1. The normalized spacial score (nSPS) is 10.7. The second kappa shape index (κ2) is 6.49. The van der Waals surface area contributed by atoms with Crippen LogP contribution in [0.4, 0.5) is 0 Å². The van der Waals surface area contributed by atoms with Gasteiger partial charge in [-0.2, -0.15) is 5.26 Å². The summed E-state index contributed by atoms with van der Waals surface area (Å²) in [6, 6.07) is 8.75. The number of ketones is 1. The number of thiophene rings is 1. The monoisotopic (exact) mass is 339 g/mol. The van der Waals surface area contributed by atoms with E-state index in [9.17, 15) is 4.79 Å². The molecule has 0 amide bonds. The minimum atomic E-state index is 0.0239. The average Bonchev–Trinajstić information content (AvgIpc) is 2.88. The van der Waals surface area contributed by atoms with Crippen LogP contribution in [0, 0.1) is 25.2 Å². The summed E-state index contributed by atoms with van der Waals surface area (Å²) in [6.45, 7) is 4.13. The molecule has 0 aliphatic carbocycles. The van der Waals surface area contributed by atoms with Crippen molar-refractivity contribution in [1.29, 1.82) is 5.26 Å². The van der Waals surface area contributed by atoms with Crippen LogP contribution >= 0.6 is 23.1 Å². The standard InChI is InChI=1S/C17H13N3OS2/c1-10-11(2)23-17-15(10)16(19-9-20-17)22-8-14(21)13-5-3-12(7-18)4-6-13/h3-6,9H,8H2,1-2H3. The van der Waals surface area contributed by atoms with E-state index in [4.69, 9.17) is 5.26 Å². The van der Waals surface area contributed by atoms with Crippen molar-refractivity contribution < 1.29 is 4.79 Å². The van der Waals surface area contributed by atoms with Gasteiger partial charge >= 0.3 is 0 Å². The third kappa shape index (κ3) is 3.11. The predicted octanol–water partition coefficient (Wildman–Crippen LogP) is 4.15. The van der Waals surface area contributed by atoms with E-state index >= 15 is 0 Å². The summed E-state index contributed by atoms with van der Waals surface area (Å²) in [4.78, 5) is 23.1. The number of Topliss-reactive ketones (excluding diaryl/α,β-unsaturated/α-hetero) is 1. The quantitative estimate of drug-likeness (QED) is 0.406. The minimum absolute atomic E-state index is 0.0239. The number of hydrogen-bond donors (Lipinski definition) is 0. The number of benzene rings is 1. The highest BCUT2D eigenvalue weighted by Crippen LogP contribution is 2.34. The van der Waals surface area contributed by atoms with Crippen LogP contribution in [-0.4, -0.2) is 21.5 Å². The molecule has 4 nitrogen and oxygen atoms in total. The highest BCUT2D eigenvalue weighted by molar-refractivity contribution is 8.00. The Morgan fingerprint density at radius 2 is 2.00 bits per heavy atom. The van der Waals surface area contributed by atoms with Crippen molar-refractivity contribution in [3.05, 3.63) is 52.2 Å². The van der Waals surface area contributed by atoms with Gasteiger partial charge in [0.15, 0.2) is 5.78 Å². The van der Waals surface area contributed by atoms with E-state index in [2.05, 4.69) is 23.8 Å². The first-order valence-electron chi connectivity index (χ1n) is 6.97. The van der Waals surface area contributed by atoms with Gasteiger partial charge in [-0.1, -0.05) is 23.9 Å². The van der Waals surface area contributed by atoms with E-state index in [1.165, 1.54) is 22.2 Å².